The molecular weight excluding hydrogens is 809 g/mol. The summed E-state index contributed by atoms with van der Waals surface area (Å²) in [6, 6.07) is 24.8. The van der Waals surface area contributed by atoms with Crippen LogP contribution in [-0.2, 0) is 25.7 Å². The highest BCUT2D eigenvalue weighted by Crippen LogP contribution is 2.48. The Hall–Kier alpha value is -1.43. The predicted octanol–water partition coefficient (Wildman–Crippen LogP) is 17.1. The Bertz CT molecular complexity index is 1730. The van der Waals surface area contributed by atoms with Gasteiger partial charge in [0.1, 0.15) is 0 Å². The van der Waals surface area contributed by atoms with Crippen LogP contribution in [0.25, 0.3) is 20.2 Å². The van der Waals surface area contributed by atoms with Crippen molar-refractivity contribution in [2.75, 3.05) is 0 Å². The lowest BCUT2D eigenvalue weighted by atomic mass is 9.73. The molecule has 0 N–H and O–H groups in total. The van der Waals surface area contributed by atoms with Gasteiger partial charge in [0.05, 0.1) is 32.3 Å². The van der Waals surface area contributed by atoms with Crippen molar-refractivity contribution in [2.45, 2.75) is 205 Å². The normalized spacial score (nSPS) is 13.9. The van der Waals surface area contributed by atoms with Gasteiger partial charge < -0.3 is 0 Å². The zero-order chi connectivity index (χ0) is 42.5. The van der Waals surface area contributed by atoms with E-state index in [1.54, 1.807) is 0 Å². The maximum absolute atomic E-state index is 16.2. The average molecular weight is 890 g/mol. The number of carbonyl (C=O) groups is 2. The minimum atomic E-state index is -1.50. The molecule has 0 fully saturated rings. The lowest BCUT2D eigenvalue weighted by Crippen LogP contribution is -2.34. The zero-order valence-electron chi connectivity index (χ0n) is 39.1. The highest BCUT2D eigenvalue weighted by Gasteiger charge is 2.42. The summed E-state index contributed by atoms with van der Waals surface area (Å²) in [4.78, 5) is 32.5. The molecule has 2 aromatic carbocycles. The fourth-order valence-corrected chi connectivity index (χ4v) is 27.0. The van der Waals surface area contributed by atoms with Gasteiger partial charge in [0, 0.05) is 31.7 Å². The van der Waals surface area contributed by atoms with Crippen LogP contribution in [-0.4, -0.2) is 43.9 Å². The van der Waals surface area contributed by atoms with Crippen LogP contribution in [0.3, 0.4) is 0 Å². The molecule has 320 valence electrons. The van der Waals surface area contributed by atoms with Crippen LogP contribution in [0.5, 0.6) is 0 Å². The molecule has 5 rings (SSSR count). The van der Waals surface area contributed by atoms with Gasteiger partial charge in [-0.2, -0.15) is 0 Å². The van der Waals surface area contributed by atoms with Crippen molar-refractivity contribution in [1.29, 1.82) is 0 Å². The molecule has 2 nitrogen and oxygen atoms in total. The van der Waals surface area contributed by atoms with Gasteiger partial charge in [0.25, 0.3) is 0 Å². The lowest BCUT2D eigenvalue weighted by Gasteiger charge is -2.33. The van der Waals surface area contributed by atoms with Gasteiger partial charge in [0.15, 0.2) is 11.6 Å². The Morgan fingerprint density at radius 1 is 0.362 bits per heavy atom. The van der Waals surface area contributed by atoms with Gasteiger partial charge in [-0.15, -0.1) is 22.7 Å². The number of carbonyl (C=O) groups excluding carboxylic acids is 2. The van der Waals surface area contributed by atoms with Crippen LogP contribution in [0.4, 0.5) is 0 Å². The summed E-state index contributed by atoms with van der Waals surface area (Å²) >= 11 is 3.67. The third kappa shape index (κ3) is 8.65. The number of thiophene rings is 2. The van der Waals surface area contributed by atoms with Crippen LogP contribution in [0.2, 0.25) is 96.7 Å². The first-order valence-electron chi connectivity index (χ1n) is 24.1. The molecule has 58 heavy (non-hydrogen) atoms. The van der Waals surface area contributed by atoms with E-state index in [-0.39, 0.29) is 11.6 Å². The number of aryl methyl sites for hydroxylation is 4. The summed E-state index contributed by atoms with van der Waals surface area (Å²) in [5, 5.41) is 7.09. The molecular formula is C50H80O2S2Si4. The SMILES string of the molecule is CC[Si](CC)(CC)CCc1c2c(c(CC[Si](CC)(CC)CC)c3sccc13)C(=O)c1c(c(CC[Si](CC)(CC)CC)c3sccc3c1CC[Si](CC)(CC)CC)C2=O. The van der Waals surface area contributed by atoms with Crippen molar-refractivity contribution < 1.29 is 9.59 Å². The first-order chi connectivity index (χ1) is 27.9. The largest absolute Gasteiger partial charge is 0.289 e. The Kier molecular flexibility index (Phi) is 16.6. The van der Waals surface area contributed by atoms with Crippen LogP contribution in [0.1, 0.15) is 137 Å². The van der Waals surface area contributed by atoms with Crippen LogP contribution in [0.15, 0.2) is 22.9 Å². The maximum Gasteiger partial charge on any atom is 0.195 e. The lowest BCUT2D eigenvalue weighted by molar-refractivity contribution is 0.0976. The zero-order valence-corrected chi connectivity index (χ0v) is 44.7. The average Bonchev–Trinajstić information content (AvgIpc) is 3.97. The van der Waals surface area contributed by atoms with Crippen molar-refractivity contribution >= 4 is 86.7 Å². The van der Waals surface area contributed by atoms with Crippen molar-refractivity contribution in [3.63, 3.8) is 0 Å². The van der Waals surface area contributed by atoms with Crippen molar-refractivity contribution in [3.05, 3.63) is 67.4 Å². The quantitative estimate of drug-likeness (QED) is 0.0579. The maximum atomic E-state index is 16.2. The van der Waals surface area contributed by atoms with Crippen molar-refractivity contribution in [2.24, 2.45) is 0 Å². The highest BCUT2D eigenvalue weighted by atomic mass is 32.1. The van der Waals surface area contributed by atoms with E-state index in [1.807, 2.05) is 22.7 Å². The van der Waals surface area contributed by atoms with E-state index >= 15 is 9.59 Å². The van der Waals surface area contributed by atoms with E-state index in [0.29, 0.717) is 0 Å². The number of hydrogen-bond acceptors (Lipinski definition) is 4. The first kappa shape index (κ1) is 47.6. The predicted molar refractivity (Wildman–Crippen MR) is 273 cm³/mol. The van der Waals surface area contributed by atoms with E-state index in [1.165, 1.54) is 139 Å². The van der Waals surface area contributed by atoms with Gasteiger partial charge in [-0.25, -0.2) is 0 Å². The Morgan fingerprint density at radius 2 is 0.586 bits per heavy atom. The first-order valence-corrected chi connectivity index (χ1v) is 37.2. The van der Waals surface area contributed by atoms with Gasteiger partial charge >= 0.3 is 0 Å². The molecule has 8 heteroatoms. The van der Waals surface area contributed by atoms with Gasteiger partial charge in [-0.05, 0) is 81.6 Å². The smallest absolute Gasteiger partial charge is 0.195 e. The Labute approximate surface area is 366 Å². The molecule has 0 aliphatic heterocycles. The molecule has 1 aliphatic carbocycles. The van der Waals surface area contributed by atoms with Crippen LogP contribution in [0, 0.1) is 0 Å². The molecule has 2 heterocycles. The number of fused-ring (bicyclic) bond motifs is 4. The molecule has 0 amide bonds. The van der Waals surface area contributed by atoms with Crippen LogP contribution >= 0.6 is 22.7 Å². The minimum Gasteiger partial charge on any atom is -0.289 e. The van der Waals surface area contributed by atoms with E-state index in [4.69, 9.17) is 0 Å². The number of rotatable bonds is 24. The van der Waals surface area contributed by atoms with E-state index in [9.17, 15) is 0 Å². The molecule has 4 aromatic rings. The summed E-state index contributed by atoms with van der Waals surface area (Å²) in [6.07, 6.45) is 3.68. The summed E-state index contributed by atoms with van der Waals surface area (Å²) in [6.45, 7) is 28.9. The van der Waals surface area contributed by atoms with Gasteiger partial charge in [-0.3, -0.25) is 9.59 Å². The Morgan fingerprint density at radius 3 is 0.828 bits per heavy atom. The highest BCUT2D eigenvalue weighted by molar-refractivity contribution is 7.17. The molecule has 0 unspecified atom stereocenters. The second-order valence-corrected chi connectivity index (χ2v) is 43.0. The van der Waals surface area contributed by atoms with Crippen molar-refractivity contribution in [1.82, 2.24) is 0 Å². The van der Waals surface area contributed by atoms with E-state index < -0.39 is 32.3 Å². The fourth-order valence-electron chi connectivity index (χ4n) is 11.6. The standard InChI is InChI=1S/C50H80O2S2Si4/c1-13-55(14-2,15-3)33-27-37-39-25-31-53-49(39)41(29-35-57(19-7,20-8)21-9)45-43(37)47(51)46-42(30-36-58(22-10,23-11)24-12)50-40(26-32-54-50)38(44(46)48(45)52)28-34-56(16-4,17-5)18-6/h25-26,31-32H,13-24,27-30,33-36H2,1-12H3. The number of benzene rings is 2. The molecule has 0 saturated heterocycles. The van der Waals surface area contributed by atoms with Crippen LogP contribution < -0.4 is 0 Å². The molecule has 0 spiro atoms. The fraction of sp³-hybridized carbons (Fsp3) is 0.640. The molecule has 2 aromatic heterocycles. The minimum absolute atomic E-state index is 0.198. The topological polar surface area (TPSA) is 34.1 Å². The third-order valence-corrected chi connectivity index (χ3v) is 43.0. The van der Waals surface area contributed by atoms with Crippen molar-refractivity contribution in [3.8, 4) is 0 Å². The molecule has 0 saturated carbocycles. The van der Waals surface area contributed by atoms with E-state index in [0.717, 1.165) is 47.9 Å². The summed E-state index contributed by atoms with van der Waals surface area (Å²) in [5.41, 5.74) is 8.18. The molecule has 1 aliphatic rings. The summed E-state index contributed by atoms with van der Waals surface area (Å²) in [5.74, 6) is 0.396. The summed E-state index contributed by atoms with van der Waals surface area (Å²) < 4.78 is 2.61. The van der Waals surface area contributed by atoms with Gasteiger partial charge in [0.2, 0.25) is 0 Å². The van der Waals surface area contributed by atoms with E-state index in [2.05, 4.69) is 106 Å². The summed E-state index contributed by atoms with van der Waals surface area (Å²) in [7, 11) is -6.01. The monoisotopic (exact) mass is 888 g/mol. The Balaban J connectivity index is 1.87. The molecule has 0 atom stereocenters. The number of hydrogen-bond donors (Lipinski definition) is 0. The molecule has 0 radical (unpaired) electrons. The second-order valence-electron chi connectivity index (χ2n) is 18.6. The second kappa shape index (κ2) is 20.2. The molecule has 0 bridgehead atoms. The number of ketones is 2. The van der Waals surface area contributed by atoms with Gasteiger partial charge in [-0.1, -0.05) is 180 Å². The third-order valence-electron chi connectivity index (χ3n) is 17.8.